The van der Waals surface area contributed by atoms with Gasteiger partial charge in [-0.2, -0.15) is 0 Å². The van der Waals surface area contributed by atoms with Gasteiger partial charge in [-0.05, 0) is 93.9 Å². The van der Waals surface area contributed by atoms with Gasteiger partial charge in [-0.3, -0.25) is 0 Å². The molecule has 0 aliphatic heterocycles. The second-order valence-corrected chi connectivity index (χ2v) is 12.4. The zero-order valence-corrected chi connectivity index (χ0v) is 30.4. The van der Waals surface area contributed by atoms with Crippen molar-refractivity contribution >= 4 is 23.7 Å². The summed E-state index contributed by atoms with van der Waals surface area (Å²) < 4.78 is 12.2. The molecule has 2 rings (SSSR count). The molecule has 2 aromatic carbocycles. The molecular formula is C42H54O4S. The van der Waals surface area contributed by atoms with Crippen molar-refractivity contribution in [3.05, 3.63) is 148 Å². The van der Waals surface area contributed by atoms with Gasteiger partial charge in [0.05, 0.1) is 19.8 Å². The second-order valence-electron chi connectivity index (χ2n) is 11.6. The molecular weight excluding hydrogens is 601 g/mol. The van der Waals surface area contributed by atoms with Gasteiger partial charge in [0.1, 0.15) is 11.5 Å². The normalized spacial score (nSPS) is 14.7. The second kappa shape index (κ2) is 21.9. The van der Waals surface area contributed by atoms with Crippen molar-refractivity contribution in [2.45, 2.75) is 73.1 Å². The summed E-state index contributed by atoms with van der Waals surface area (Å²) in [5.74, 6) is 1.40. The first-order valence-corrected chi connectivity index (χ1v) is 17.2. The Kier molecular flexibility index (Phi) is 18.4. The SMILES string of the molecule is C\C=C/C=C(C(/C)=C(O)/C(=C\CC(C)C)C(/C)=C(C)/C=C\c1ccccc1)\C(=C/C)OCCCOSc1ccccc1/C(=C/C)CO. The van der Waals surface area contributed by atoms with E-state index in [4.69, 9.17) is 8.92 Å². The van der Waals surface area contributed by atoms with Gasteiger partial charge in [0.15, 0.2) is 0 Å². The summed E-state index contributed by atoms with van der Waals surface area (Å²) >= 11 is 1.32. The minimum atomic E-state index is -0.0175. The zero-order chi connectivity index (χ0) is 34.6. The minimum Gasteiger partial charge on any atom is -0.507 e. The zero-order valence-electron chi connectivity index (χ0n) is 29.5. The van der Waals surface area contributed by atoms with Crippen LogP contribution in [0.1, 0.15) is 79.4 Å². The molecule has 0 saturated heterocycles. The highest BCUT2D eigenvalue weighted by Gasteiger charge is 2.17. The standard InChI is InChI=1S/C42H54O4S/c1-9-12-21-37(40(11-3)45-28-18-29-46-47-41-23-17-16-22-39(41)36(10-2)30-43)34(8)42(44)38(27-24-31(4)5)33(7)32(6)25-26-35-19-14-13-15-20-35/h9-17,19-23,25-27,31,43-44H,18,24,28-30H2,1-8H3/b12-9-,26-25-,33-32+,36-10+,37-21-,38-27-,40-11+,42-34-. The van der Waals surface area contributed by atoms with Crippen LogP contribution in [0.3, 0.4) is 0 Å². The highest BCUT2D eigenvalue weighted by Crippen LogP contribution is 2.32. The van der Waals surface area contributed by atoms with E-state index in [-0.39, 0.29) is 12.4 Å². The maximum atomic E-state index is 11.8. The van der Waals surface area contributed by atoms with Crippen molar-refractivity contribution in [1.82, 2.24) is 0 Å². The van der Waals surface area contributed by atoms with Crippen molar-refractivity contribution in [2.24, 2.45) is 5.92 Å². The van der Waals surface area contributed by atoms with Crippen LogP contribution in [0, 0.1) is 5.92 Å². The lowest BCUT2D eigenvalue weighted by Gasteiger charge is -2.18. The molecule has 2 aromatic rings. The van der Waals surface area contributed by atoms with E-state index in [9.17, 15) is 10.2 Å². The Morgan fingerprint density at radius 1 is 0.872 bits per heavy atom. The topological polar surface area (TPSA) is 58.9 Å². The van der Waals surface area contributed by atoms with Crippen molar-refractivity contribution in [3.8, 4) is 0 Å². The van der Waals surface area contributed by atoms with Gasteiger partial charge >= 0.3 is 0 Å². The molecule has 0 spiro atoms. The summed E-state index contributed by atoms with van der Waals surface area (Å²) in [6.07, 6.45) is 17.7. The van der Waals surface area contributed by atoms with E-state index >= 15 is 0 Å². The molecule has 0 amide bonds. The van der Waals surface area contributed by atoms with Gasteiger partial charge in [-0.1, -0.05) is 105 Å². The van der Waals surface area contributed by atoms with Gasteiger partial charge in [-0.15, -0.1) is 0 Å². The molecule has 0 unspecified atom stereocenters. The number of hydrogen-bond donors (Lipinski definition) is 2. The molecule has 2 N–H and O–H groups in total. The highest BCUT2D eigenvalue weighted by molar-refractivity contribution is 7.94. The molecule has 252 valence electrons. The number of allylic oxidation sites excluding steroid dienone is 10. The highest BCUT2D eigenvalue weighted by atomic mass is 32.2. The molecule has 4 nitrogen and oxygen atoms in total. The number of aliphatic hydroxyl groups is 2. The first kappa shape index (κ1) is 39.4. The van der Waals surface area contributed by atoms with Crippen LogP contribution in [0.4, 0.5) is 0 Å². The lowest BCUT2D eigenvalue weighted by Crippen LogP contribution is -2.05. The summed E-state index contributed by atoms with van der Waals surface area (Å²) in [4.78, 5) is 0.967. The molecule has 0 saturated carbocycles. The average Bonchev–Trinajstić information content (AvgIpc) is 3.08. The number of hydrogen-bond acceptors (Lipinski definition) is 5. The first-order chi connectivity index (χ1) is 22.7. The third-order valence-corrected chi connectivity index (χ3v) is 8.46. The van der Waals surface area contributed by atoms with E-state index in [1.165, 1.54) is 12.0 Å². The Balaban J connectivity index is 2.25. The van der Waals surface area contributed by atoms with Gasteiger partial charge in [-0.25, -0.2) is 0 Å². The Labute approximate surface area is 288 Å². The summed E-state index contributed by atoms with van der Waals surface area (Å²) in [6, 6.07) is 18.1. The lowest BCUT2D eigenvalue weighted by atomic mass is 9.92. The van der Waals surface area contributed by atoms with Crippen LogP contribution in [0.15, 0.2) is 141 Å². The Morgan fingerprint density at radius 3 is 2.21 bits per heavy atom. The monoisotopic (exact) mass is 654 g/mol. The summed E-state index contributed by atoms with van der Waals surface area (Å²) in [7, 11) is 0. The van der Waals surface area contributed by atoms with E-state index in [1.807, 2.05) is 101 Å². The smallest absolute Gasteiger partial charge is 0.126 e. The van der Waals surface area contributed by atoms with Gasteiger partial charge < -0.3 is 19.1 Å². The molecule has 0 atom stereocenters. The largest absolute Gasteiger partial charge is 0.507 e. The third-order valence-electron chi connectivity index (χ3n) is 7.64. The first-order valence-electron chi connectivity index (χ1n) is 16.5. The predicted molar refractivity (Wildman–Crippen MR) is 203 cm³/mol. The number of aliphatic hydroxyl groups excluding tert-OH is 2. The average molecular weight is 655 g/mol. The van der Waals surface area contributed by atoms with Crippen molar-refractivity contribution < 1.29 is 19.1 Å². The fourth-order valence-corrected chi connectivity index (χ4v) is 5.43. The number of rotatable bonds is 18. The predicted octanol–water partition coefficient (Wildman–Crippen LogP) is 11.8. The molecule has 0 aliphatic carbocycles. The van der Waals surface area contributed by atoms with Crippen molar-refractivity contribution in [1.29, 1.82) is 0 Å². The molecule has 0 aliphatic rings. The molecule has 0 fully saturated rings. The Hall–Kier alpha value is -3.77. The van der Waals surface area contributed by atoms with Crippen LogP contribution in [0.25, 0.3) is 11.6 Å². The van der Waals surface area contributed by atoms with E-state index in [0.717, 1.165) is 55.9 Å². The van der Waals surface area contributed by atoms with Crippen LogP contribution in [-0.2, 0) is 8.92 Å². The number of ether oxygens (including phenoxy) is 1. The quantitative estimate of drug-likeness (QED) is 0.0725. The van der Waals surface area contributed by atoms with Crippen molar-refractivity contribution in [2.75, 3.05) is 19.8 Å². The molecule has 0 bridgehead atoms. The summed E-state index contributed by atoms with van der Waals surface area (Å²) in [5.41, 5.74) is 7.51. The fourth-order valence-electron chi connectivity index (χ4n) is 4.68. The third kappa shape index (κ3) is 13.1. The van der Waals surface area contributed by atoms with Gasteiger partial charge in [0, 0.05) is 40.1 Å². The van der Waals surface area contributed by atoms with Crippen LogP contribution in [0.5, 0.6) is 0 Å². The molecule has 0 aromatic heterocycles. The summed E-state index contributed by atoms with van der Waals surface area (Å²) in [6.45, 7) is 17.3. The van der Waals surface area contributed by atoms with Gasteiger partial charge in [0.2, 0.25) is 0 Å². The number of benzene rings is 2. The molecule has 5 heteroatoms. The maximum absolute atomic E-state index is 11.8. The van der Waals surface area contributed by atoms with E-state index in [1.54, 1.807) is 0 Å². The van der Waals surface area contributed by atoms with E-state index in [2.05, 4.69) is 58.1 Å². The Morgan fingerprint density at radius 2 is 1.57 bits per heavy atom. The van der Waals surface area contributed by atoms with Crippen LogP contribution in [0.2, 0.25) is 0 Å². The Bertz CT molecular complexity index is 1510. The van der Waals surface area contributed by atoms with Crippen LogP contribution >= 0.6 is 12.0 Å². The van der Waals surface area contributed by atoms with E-state index < -0.39 is 0 Å². The van der Waals surface area contributed by atoms with Crippen LogP contribution < -0.4 is 0 Å². The molecule has 0 radical (unpaired) electrons. The van der Waals surface area contributed by atoms with E-state index in [0.29, 0.717) is 31.3 Å². The molecule has 0 heterocycles. The molecule has 47 heavy (non-hydrogen) atoms. The van der Waals surface area contributed by atoms with Crippen molar-refractivity contribution in [3.63, 3.8) is 0 Å². The maximum Gasteiger partial charge on any atom is 0.126 e. The van der Waals surface area contributed by atoms with Gasteiger partial charge in [0.25, 0.3) is 0 Å². The minimum absolute atomic E-state index is 0.0175. The fraction of sp³-hybridized carbons (Fsp3) is 0.333. The van der Waals surface area contributed by atoms with Crippen LogP contribution in [-0.4, -0.2) is 30.0 Å². The lowest BCUT2D eigenvalue weighted by molar-refractivity contribution is 0.196. The summed E-state index contributed by atoms with van der Waals surface area (Å²) in [5, 5.41) is 21.5.